The van der Waals surface area contributed by atoms with E-state index in [1.807, 2.05) is 6.92 Å². The molecule has 15 nitrogen and oxygen atoms in total. The molecule has 7 aromatic rings. The number of anilines is 3. The number of hydrogen-bond acceptors (Lipinski definition) is 12. The van der Waals surface area contributed by atoms with Crippen molar-refractivity contribution in [2.45, 2.75) is 26.3 Å². The molecule has 0 aliphatic rings. The van der Waals surface area contributed by atoms with Gasteiger partial charge in [0.25, 0.3) is 6.01 Å². The third kappa shape index (κ3) is 10.2. The summed E-state index contributed by atoms with van der Waals surface area (Å²) in [7, 11) is 0. The number of nitrogen functional groups attached to an aromatic ring is 1. The normalized spacial score (nSPS) is 11.8. The number of halogens is 3. The molecule has 0 aliphatic heterocycles. The van der Waals surface area contributed by atoms with Gasteiger partial charge in [0.1, 0.15) is 22.9 Å². The summed E-state index contributed by atoms with van der Waals surface area (Å²) in [6, 6.07) is 17.2. The number of carbonyl (C=O) groups is 2. The molecule has 7 N–H and O–H groups in total. The molecule has 0 fully saturated rings. The highest BCUT2D eigenvalue weighted by Crippen LogP contribution is 2.31. The summed E-state index contributed by atoms with van der Waals surface area (Å²) < 4.78 is 53.2. The molecule has 0 saturated carbocycles. The quantitative estimate of drug-likeness (QED) is 0.0278. The molecule has 0 saturated heterocycles. The maximum absolute atomic E-state index is 15.7. The number of H-pyrrole nitrogens is 1. The van der Waals surface area contributed by atoms with Crippen molar-refractivity contribution in [1.29, 1.82) is 0 Å². The first-order valence-corrected chi connectivity index (χ1v) is 21.8. The molecule has 4 heterocycles. The van der Waals surface area contributed by atoms with Crippen LogP contribution in [0.4, 0.5) is 30.8 Å². The summed E-state index contributed by atoms with van der Waals surface area (Å²) in [6.07, 6.45) is 4.73. The average Bonchev–Trinajstić information content (AvgIpc) is 3.81. The Kier molecular flexibility index (Phi) is 13.7. The van der Waals surface area contributed by atoms with E-state index in [9.17, 15) is 19.2 Å². The third-order valence-corrected chi connectivity index (χ3v) is 11.8. The number of urea groups is 1. The standard InChI is InChI=1S/C41H39ClF2N10O5S2/c1-2-3-15-59-40-51-36(45)34-38(52-40)54(41(57)50-34)22-23-4-10-27(11-5-23)49-39(56)46-14-16-60-17-18-61(58)53-31-13-12-30(43)32(33(31)44)35(55)29-21-48-37-28(29)19-25(20-47-37)24-6-8-26(42)9-7-24/h4-13,19-21,53H,2-3,14-18,22H2,1H3,(H,47,48)(H,50,57)(H2,45,51,52)(H2,46,49,56). The fourth-order valence-corrected chi connectivity index (χ4v) is 8.33. The number of carbonyl (C=O) groups excluding carboxylic acids is 2. The Balaban J connectivity index is 0.859. The lowest BCUT2D eigenvalue weighted by atomic mass is 10.00. The molecule has 0 aliphatic carbocycles. The molecular formula is C41H39ClF2N10O5S2. The topological polar surface area (TPSA) is 221 Å². The second kappa shape index (κ2) is 19.5. The van der Waals surface area contributed by atoms with Crippen molar-refractivity contribution in [3.8, 4) is 23.1 Å². The van der Waals surface area contributed by atoms with Gasteiger partial charge in [0.15, 0.2) is 22.8 Å². The van der Waals surface area contributed by atoms with Crippen molar-refractivity contribution in [3.63, 3.8) is 0 Å². The first-order valence-electron chi connectivity index (χ1n) is 19.0. The minimum absolute atomic E-state index is 0.0222. The average molecular weight is 889 g/mol. The van der Waals surface area contributed by atoms with Gasteiger partial charge in [-0.15, -0.1) is 0 Å². The van der Waals surface area contributed by atoms with Gasteiger partial charge in [-0.05, 0) is 60.0 Å². The van der Waals surface area contributed by atoms with E-state index in [0.717, 1.165) is 36.1 Å². The summed E-state index contributed by atoms with van der Waals surface area (Å²) in [5.41, 5.74) is 8.73. The Morgan fingerprint density at radius 2 is 1.84 bits per heavy atom. The van der Waals surface area contributed by atoms with Gasteiger partial charge in [0.2, 0.25) is 5.78 Å². The molecular weight excluding hydrogens is 850 g/mol. The zero-order valence-electron chi connectivity index (χ0n) is 32.5. The molecule has 61 heavy (non-hydrogen) atoms. The molecule has 0 bridgehead atoms. The van der Waals surface area contributed by atoms with Crippen LogP contribution < -0.4 is 25.8 Å². The fourth-order valence-electron chi connectivity index (χ4n) is 6.17. The van der Waals surface area contributed by atoms with Crippen LogP contribution in [-0.2, 0) is 17.9 Å². The van der Waals surface area contributed by atoms with Gasteiger partial charge in [-0.1, -0.05) is 49.2 Å². The van der Waals surface area contributed by atoms with Crippen LogP contribution in [0.2, 0.25) is 5.02 Å². The van der Waals surface area contributed by atoms with Crippen molar-refractivity contribution >= 4 is 85.9 Å². The lowest BCUT2D eigenvalue weighted by molar-refractivity contribution is 0.103. The molecule has 1 unspecified atom stereocenters. The van der Waals surface area contributed by atoms with Crippen molar-refractivity contribution in [2.75, 3.05) is 46.2 Å². The van der Waals surface area contributed by atoms with Crippen LogP contribution in [-0.4, -0.2) is 81.4 Å². The number of nitrogens with zero attached hydrogens (tertiary/aromatic N) is 5. The van der Waals surface area contributed by atoms with Crippen molar-refractivity contribution in [2.24, 2.45) is 0 Å². The predicted molar refractivity (Wildman–Crippen MR) is 235 cm³/mol. The van der Waals surface area contributed by atoms with Crippen LogP contribution in [0.25, 0.3) is 33.3 Å². The molecule has 1 atom stereocenters. The molecule has 7 rings (SSSR count). The summed E-state index contributed by atoms with van der Waals surface area (Å²) in [4.78, 5) is 46.0. The van der Waals surface area contributed by atoms with E-state index in [1.54, 1.807) is 60.8 Å². The number of ketones is 1. The van der Waals surface area contributed by atoms with Crippen molar-refractivity contribution < 1.29 is 32.8 Å². The third-order valence-electron chi connectivity index (χ3n) is 9.30. The minimum atomic E-state index is -1.77. The molecule has 0 spiro atoms. The van der Waals surface area contributed by atoms with Crippen LogP contribution in [0.5, 0.6) is 12.0 Å². The summed E-state index contributed by atoms with van der Waals surface area (Å²) in [6.45, 7) is 2.99. The second-order valence-corrected chi connectivity index (χ2v) is 16.5. The van der Waals surface area contributed by atoms with Gasteiger partial charge in [-0.25, -0.2) is 23.3 Å². The van der Waals surface area contributed by atoms with Crippen LogP contribution in [0.1, 0.15) is 41.3 Å². The van der Waals surface area contributed by atoms with E-state index in [4.69, 9.17) is 22.1 Å². The first-order chi connectivity index (χ1) is 29.5. The highest BCUT2D eigenvalue weighted by Gasteiger charge is 2.26. The number of nitrogens with two attached hydrogens (primary N) is 1. The number of amides is 2. The van der Waals surface area contributed by atoms with Gasteiger partial charge < -0.3 is 35.7 Å². The van der Waals surface area contributed by atoms with Crippen LogP contribution >= 0.6 is 23.4 Å². The van der Waals surface area contributed by atoms with E-state index in [-0.39, 0.29) is 46.9 Å². The monoisotopic (exact) mass is 888 g/mol. The zero-order chi connectivity index (χ0) is 43.0. The Morgan fingerprint density at radius 1 is 1.05 bits per heavy atom. The maximum Gasteiger partial charge on any atom is 0.320 e. The predicted octanol–water partition coefficient (Wildman–Crippen LogP) is 7.68. The number of fused-ring (bicyclic) bond motifs is 2. The van der Waals surface area contributed by atoms with Crippen molar-refractivity contribution in [3.05, 3.63) is 112 Å². The molecule has 2 amide bonds. The number of ether oxygens (including phenoxy) is 1. The van der Waals surface area contributed by atoms with E-state index < -0.39 is 40.4 Å². The molecule has 0 radical (unpaired) electrons. The number of imidazole rings is 1. The summed E-state index contributed by atoms with van der Waals surface area (Å²) >= 11 is 5.66. The number of aromatic amines is 1. The summed E-state index contributed by atoms with van der Waals surface area (Å²) in [5.74, 6) is -2.05. The van der Waals surface area contributed by atoms with Gasteiger partial charge in [-0.2, -0.15) is 26.7 Å². The number of hydrogen-bond donors (Lipinski definition) is 6. The number of unbranched alkanes of at least 4 members (excludes halogenated alkanes) is 1. The molecule has 4 aromatic heterocycles. The maximum atomic E-state index is 15.7. The second-order valence-electron chi connectivity index (χ2n) is 13.5. The van der Waals surface area contributed by atoms with Crippen LogP contribution in [0, 0.1) is 11.6 Å². The van der Waals surface area contributed by atoms with E-state index in [0.29, 0.717) is 57.6 Å². The van der Waals surface area contributed by atoms with Crippen LogP contribution in [0.3, 0.4) is 0 Å². The highest BCUT2D eigenvalue weighted by atomic mass is 35.5. The van der Waals surface area contributed by atoms with Crippen LogP contribution in [0.15, 0.2) is 79.1 Å². The largest absolute Gasteiger partial charge is 0.593 e. The Hall–Kier alpha value is -6.15. The Morgan fingerprint density at radius 3 is 2.61 bits per heavy atom. The minimum Gasteiger partial charge on any atom is -0.593 e. The van der Waals surface area contributed by atoms with Gasteiger partial charge >= 0.3 is 12.0 Å². The fraction of sp³-hybridized carbons (Fsp3) is 0.220. The van der Waals surface area contributed by atoms with Gasteiger partial charge in [0, 0.05) is 57.7 Å². The number of aromatic nitrogens is 6. The van der Waals surface area contributed by atoms with Crippen molar-refractivity contribution in [1.82, 2.24) is 34.8 Å². The Bertz CT molecular complexity index is 2690. The number of thioether (sulfide) groups is 1. The highest BCUT2D eigenvalue weighted by molar-refractivity contribution is 8.00. The van der Waals surface area contributed by atoms with E-state index in [1.165, 1.54) is 22.5 Å². The number of aromatic hydroxyl groups is 1. The Labute approximate surface area is 360 Å². The lowest BCUT2D eigenvalue weighted by Crippen LogP contribution is -2.30. The van der Waals surface area contributed by atoms with Gasteiger partial charge in [0.05, 0.1) is 30.1 Å². The van der Waals surface area contributed by atoms with E-state index in [2.05, 4.69) is 40.3 Å². The smallest absolute Gasteiger partial charge is 0.320 e. The molecule has 316 valence electrons. The number of pyridine rings is 1. The first kappa shape index (κ1) is 43.0. The molecule has 3 aromatic carbocycles. The SMILES string of the molecule is CCCCOc1nc(N)c2nc(O)n(Cc3ccc(NC(=O)NCCSCC[S+]([O-])Nc4ccc(F)c(C(=O)c5c[nH]c6ncc(-c7ccc(Cl)cc7)cc56)c4F)cc3)c2n1. The van der Waals surface area contributed by atoms with Gasteiger partial charge in [-0.3, -0.25) is 9.36 Å². The number of nitrogens with one attached hydrogen (secondary N) is 4. The molecule has 20 heteroatoms. The summed E-state index contributed by atoms with van der Waals surface area (Å²) in [5, 5.41) is 17.0. The lowest BCUT2D eigenvalue weighted by Gasteiger charge is -2.14. The number of rotatable bonds is 18. The van der Waals surface area contributed by atoms with E-state index >= 15 is 8.78 Å². The zero-order valence-corrected chi connectivity index (χ0v) is 34.9. The number of benzene rings is 3.